The summed E-state index contributed by atoms with van der Waals surface area (Å²) in [5.74, 6) is 1.40. The summed E-state index contributed by atoms with van der Waals surface area (Å²) in [6.07, 6.45) is 3.26. The molecule has 0 spiro atoms. The number of nitrogens with zero attached hydrogens (tertiary/aromatic N) is 1. The number of rotatable bonds is 1. The molecule has 1 aromatic heterocycles. The first-order chi connectivity index (χ1) is 8.92. The summed E-state index contributed by atoms with van der Waals surface area (Å²) in [4.78, 5) is 4.69. The molecule has 0 amide bonds. The number of hydrogen-bond donors (Lipinski definition) is 0. The van der Waals surface area contributed by atoms with Gasteiger partial charge in [0, 0.05) is 23.6 Å². The second kappa shape index (κ2) is 3.84. The first-order valence-corrected chi connectivity index (χ1v) is 6.62. The lowest BCUT2D eigenvalue weighted by molar-refractivity contribution is 0.344. The van der Waals surface area contributed by atoms with E-state index in [2.05, 4.69) is 41.4 Å². The molecule has 90 valence electrons. The van der Waals surface area contributed by atoms with Crippen LogP contribution in [-0.2, 0) is 12.8 Å². The predicted molar refractivity (Wildman–Crippen MR) is 70.0 cm³/mol. The fraction of sp³-hybridized carbons (Fsp3) is 0.312. The van der Waals surface area contributed by atoms with Gasteiger partial charge in [-0.15, -0.1) is 0 Å². The van der Waals surface area contributed by atoms with Gasteiger partial charge < -0.3 is 4.74 Å². The minimum atomic E-state index is 0.527. The Morgan fingerprint density at radius 3 is 2.89 bits per heavy atom. The van der Waals surface area contributed by atoms with Crippen LogP contribution in [0.15, 0.2) is 36.4 Å². The van der Waals surface area contributed by atoms with E-state index in [-0.39, 0.29) is 0 Å². The van der Waals surface area contributed by atoms with Crippen molar-refractivity contribution in [3.8, 4) is 5.88 Å². The Balaban J connectivity index is 1.81. The van der Waals surface area contributed by atoms with E-state index in [4.69, 9.17) is 4.74 Å². The first kappa shape index (κ1) is 10.1. The van der Waals surface area contributed by atoms with Gasteiger partial charge in [-0.3, -0.25) is 0 Å². The van der Waals surface area contributed by atoms with Gasteiger partial charge in [0.15, 0.2) is 0 Å². The monoisotopic (exact) mass is 237 g/mol. The summed E-state index contributed by atoms with van der Waals surface area (Å²) in [5.41, 5.74) is 5.36. The summed E-state index contributed by atoms with van der Waals surface area (Å²) >= 11 is 0. The highest BCUT2D eigenvalue weighted by molar-refractivity contribution is 5.45. The molecule has 1 atom stereocenters. The molecule has 2 aliphatic rings. The molecule has 1 aliphatic heterocycles. The lowest BCUT2D eigenvalue weighted by Gasteiger charge is -2.12. The third kappa shape index (κ3) is 1.45. The minimum absolute atomic E-state index is 0.527. The molecule has 0 N–H and O–H groups in total. The fourth-order valence-corrected chi connectivity index (χ4v) is 3.12. The van der Waals surface area contributed by atoms with Crippen molar-refractivity contribution in [2.75, 3.05) is 6.61 Å². The smallest absolute Gasteiger partial charge is 0.216 e. The van der Waals surface area contributed by atoms with Crippen LogP contribution >= 0.6 is 0 Å². The maximum absolute atomic E-state index is 5.55. The van der Waals surface area contributed by atoms with Gasteiger partial charge in [-0.05, 0) is 30.0 Å². The molecule has 2 nitrogen and oxygen atoms in total. The van der Waals surface area contributed by atoms with Crippen LogP contribution in [0.3, 0.4) is 0 Å². The standard InChI is InChI=1S/C16H15NO/c1-2-4-11(5-3-1)13-6-7-15-14(13)10-12-8-9-18-16(12)17-15/h1-5,10,13H,6-9H2. The molecule has 1 aliphatic carbocycles. The Kier molecular flexibility index (Phi) is 2.16. The molecule has 0 saturated heterocycles. The van der Waals surface area contributed by atoms with Gasteiger partial charge in [-0.1, -0.05) is 30.3 Å². The number of fused-ring (bicyclic) bond motifs is 2. The Bertz CT molecular complexity index is 592. The molecule has 1 unspecified atom stereocenters. The van der Waals surface area contributed by atoms with Gasteiger partial charge >= 0.3 is 0 Å². The molecule has 0 saturated carbocycles. The molecule has 2 heterocycles. The zero-order valence-corrected chi connectivity index (χ0v) is 10.2. The maximum atomic E-state index is 5.55. The van der Waals surface area contributed by atoms with Gasteiger partial charge in [0.2, 0.25) is 5.88 Å². The van der Waals surface area contributed by atoms with Crippen LogP contribution in [0.2, 0.25) is 0 Å². The molecule has 2 aromatic rings. The normalized spacial score (nSPS) is 20.3. The Morgan fingerprint density at radius 2 is 2.00 bits per heavy atom. The van der Waals surface area contributed by atoms with Crippen LogP contribution in [-0.4, -0.2) is 11.6 Å². The number of benzene rings is 1. The second-order valence-electron chi connectivity index (χ2n) is 5.09. The highest BCUT2D eigenvalue weighted by Crippen LogP contribution is 2.40. The summed E-state index contributed by atoms with van der Waals surface area (Å²) in [6, 6.07) is 13.1. The molecule has 0 fully saturated rings. The van der Waals surface area contributed by atoms with Crippen LogP contribution in [0.5, 0.6) is 5.88 Å². The Labute approximate surface area is 107 Å². The fourth-order valence-electron chi connectivity index (χ4n) is 3.12. The van der Waals surface area contributed by atoms with E-state index in [9.17, 15) is 0 Å². The van der Waals surface area contributed by atoms with Crippen molar-refractivity contribution in [1.82, 2.24) is 4.98 Å². The van der Waals surface area contributed by atoms with Gasteiger partial charge in [0.05, 0.1) is 6.61 Å². The number of aryl methyl sites for hydroxylation is 1. The van der Waals surface area contributed by atoms with E-state index in [1.54, 1.807) is 0 Å². The zero-order valence-electron chi connectivity index (χ0n) is 10.2. The second-order valence-corrected chi connectivity index (χ2v) is 5.09. The maximum Gasteiger partial charge on any atom is 0.216 e. The molecule has 18 heavy (non-hydrogen) atoms. The summed E-state index contributed by atoms with van der Waals surface area (Å²) in [6.45, 7) is 0.793. The van der Waals surface area contributed by atoms with Crippen LogP contribution in [0.25, 0.3) is 0 Å². The van der Waals surface area contributed by atoms with E-state index in [1.807, 2.05) is 0 Å². The van der Waals surface area contributed by atoms with Crippen LogP contribution in [0, 0.1) is 0 Å². The Morgan fingerprint density at radius 1 is 1.11 bits per heavy atom. The van der Waals surface area contributed by atoms with Crippen molar-refractivity contribution in [2.24, 2.45) is 0 Å². The number of pyridine rings is 1. The molecular weight excluding hydrogens is 222 g/mol. The molecule has 0 radical (unpaired) electrons. The van der Waals surface area contributed by atoms with Crippen LogP contribution in [0.4, 0.5) is 0 Å². The third-order valence-corrected chi connectivity index (χ3v) is 4.03. The number of aromatic nitrogens is 1. The highest BCUT2D eigenvalue weighted by Gasteiger charge is 2.28. The van der Waals surface area contributed by atoms with Gasteiger partial charge in [-0.2, -0.15) is 0 Å². The van der Waals surface area contributed by atoms with Crippen molar-refractivity contribution < 1.29 is 4.74 Å². The quantitative estimate of drug-likeness (QED) is 0.760. The summed E-state index contributed by atoms with van der Waals surface area (Å²) < 4.78 is 5.55. The average molecular weight is 237 g/mol. The Hall–Kier alpha value is -1.83. The van der Waals surface area contributed by atoms with Crippen molar-refractivity contribution in [2.45, 2.75) is 25.2 Å². The molecule has 2 heteroatoms. The molecule has 4 rings (SSSR count). The van der Waals surface area contributed by atoms with Crippen LogP contribution in [0.1, 0.15) is 34.7 Å². The highest BCUT2D eigenvalue weighted by atomic mass is 16.5. The zero-order chi connectivity index (χ0) is 11.9. The van der Waals surface area contributed by atoms with E-state index >= 15 is 0 Å². The van der Waals surface area contributed by atoms with E-state index < -0.39 is 0 Å². The third-order valence-electron chi connectivity index (χ3n) is 4.03. The predicted octanol–water partition coefficient (Wildman–Crippen LogP) is 3.09. The van der Waals surface area contributed by atoms with Gasteiger partial charge in [0.1, 0.15) is 0 Å². The molecular formula is C16H15NO. The minimum Gasteiger partial charge on any atom is -0.477 e. The molecule has 1 aromatic carbocycles. The molecule has 0 bridgehead atoms. The lowest BCUT2D eigenvalue weighted by Crippen LogP contribution is -1.98. The van der Waals surface area contributed by atoms with E-state index in [0.29, 0.717) is 5.92 Å². The largest absolute Gasteiger partial charge is 0.477 e. The van der Waals surface area contributed by atoms with Gasteiger partial charge in [-0.25, -0.2) is 4.98 Å². The van der Waals surface area contributed by atoms with Gasteiger partial charge in [0.25, 0.3) is 0 Å². The summed E-state index contributed by atoms with van der Waals surface area (Å²) in [5, 5.41) is 0. The number of hydrogen-bond acceptors (Lipinski definition) is 2. The first-order valence-electron chi connectivity index (χ1n) is 6.62. The topological polar surface area (TPSA) is 22.1 Å². The summed E-state index contributed by atoms with van der Waals surface area (Å²) in [7, 11) is 0. The van der Waals surface area contributed by atoms with Crippen LogP contribution < -0.4 is 4.74 Å². The SMILES string of the molecule is c1ccc(C2CCc3nc4c(cc32)CCO4)cc1. The average Bonchev–Trinajstić information content (AvgIpc) is 3.02. The van der Waals surface area contributed by atoms with E-state index in [1.165, 1.54) is 28.8 Å². The van der Waals surface area contributed by atoms with Crippen molar-refractivity contribution >= 4 is 0 Å². The number of ether oxygens (including phenoxy) is 1. The van der Waals surface area contributed by atoms with Crippen molar-refractivity contribution in [1.29, 1.82) is 0 Å². The van der Waals surface area contributed by atoms with Crippen molar-refractivity contribution in [3.63, 3.8) is 0 Å². The van der Waals surface area contributed by atoms with Crippen molar-refractivity contribution in [3.05, 3.63) is 58.8 Å². The van der Waals surface area contributed by atoms with E-state index in [0.717, 1.165) is 25.3 Å². The lowest BCUT2D eigenvalue weighted by atomic mass is 9.93.